The number of aromatic nitrogens is 2. The molecule has 132 valence electrons. The Morgan fingerprint density at radius 1 is 1.22 bits per heavy atom. The van der Waals surface area contributed by atoms with Crippen LogP contribution in [0.2, 0.25) is 0 Å². The Balaban J connectivity index is 0.00000192. The summed E-state index contributed by atoms with van der Waals surface area (Å²) < 4.78 is 44.5. The van der Waals surface area contributed by atoms with Crippen LogP contribution in [0.15, 0.2) is 6.07 Å². The van der Waals surface area contributed by atoms with Gasteiger partial charge in [0.25, 0.3) is 0 Å². The van der Waals surface area contributed by atoms with Crippen LogP contribution in [0.4, 0.5) is 13.2 Å². The third-order valence-electron chi connectivity index (χ3n) is 4.86. The van der Waals surface area contributed by atoms with Crippen LogP contribution in [0.5, 0.6) is 5.88 Å². The van der Waals surface area contributed by atoms with Crippen molar-refractivity contribution in [3.63, 3.8) is 0 Å². The molecule has 2 atom stereocenters. The summed E-state index contributed by atoms with van der Waals surface area (Å²) in [5, 5.41) is 3.80. The van der Waals surface area contributed by atoms with Gasteiger partial charge in [0, 0.05) is 19.7 Å². The number of hydrogen-bond acceptors (Lipinski definition) is 3. The van der Waals surface area contributed by atoms with E-state index >= 15 is 0 Å². The molecule has 4 nitrogen and oxygen atoms in total. The summed E-state index contributed by atoms with van der Waals surface area (Å²) in [7, 11) is 1.29. The van der Waals surface area contributed by atoms with Gasteiger partial charge in [0.2, 0.25) is 5.88 Å². The highest BCUT2D eigenvalue weighted by Gasteiger charge is 2.36. The van der Waals surface area contributed by atoms with Crippen molar-refractivity contribution in [1.29, 1.82) is 0 Å². The van der Waals surface area contributed by atoms with Gasteiger partial charge in [-0.25, -0.2) is 0 Å². The van der Waals surface area contributed by atoms with Gasteiger partial charge in [-0.2, -0.15) is 13.2 Å². The minimum Gasteiger partial charge on any atom is -0.476 e. The van der Waals surface area contributed by atoms with Gasteiger partial charge in [-0.1, -0.05) is 0 Å². The molecule has 0 spiro atoms. The number of rotatable bonds is 5. The number of alkyl halides is 3. The van der Waals surface area contributed by atoms with Crippen LogP contribution in [0.3, 0.4) is 0 Å². The third-order valence-corrected chi connectivity index (χ3v) is 4.86. The van der Waals surface area contributed by atoms with E-state index in [4.69, 9.17) is 4.74 Å². The number of ether oxygens (including phenoxy) is 1. The van der Waals surface area contributed by atoms with Crippen molar-refractivity contribution in [1.82, 2.24) is 14.7 Å². The fraction of sp³-hybridized carbons (Fsp3) is 0.800. The van der Waals surface area contributed by atoms with E-state index in [1.165, 1.54) is 39.4 Å². The fourth-order valence-electron chi connectivity index (χ4n) is 3.36. The molecule has 0 amide bonds. The Bertz CT molecular complexity index is 515. The minimum absolute atomic E-state index is 0. The molecule has 1 saturated carbocycles. The van der Waals surface area contributed by atoms with E-state index < -0.39 is 11.9 Å². The van der Waals surface area contributed by atoms with Crippen LogP contribution in [0.25, 0.3) is 0 Å². The first-order valence-corrected chi connectivity index (χ1v) is 7.90. The van der Waals surface area contributed by atoms with Gasteiger partial charge in [0.15, 0.2) is 0 Å². The molecule has 3 rings (SSSR count). The summed E-state index contributed by atoms with van der Waals surface area (Å²) in [5.41, 5.74) is -0.773. The number of hydrogen-bond donors (Lipinski definition) is 0. The first-order valence-electron chi connectivity index (χ1n) is 7.90. The highest BCUT2D eigenvalue weighted by molar-refractivity contribution is 5.85. The number of nitrogens with zero attached hydrogens (tertiary/aromatic N) is 3. The highest BCUT2D eigenvalue weighted by Crippen LogP contribution is 2.36. The normalized spacial score (nSPS) is 25.0. The largest absolute Gasteiger partial charge is 0.476 e. The predicted molar refractivity (Wildman–Crippen MR) is 82.8 cm³/mol. The highest BCUT2D eigenvalue weighted by atomic mass is 35.5. The van der Waals surface area contributed by atoms with E-state index in [-0.39, 0.29) is 18.3 Å². The van der Waals surface area contributed by atoms with Crippen molar-refractivity contribution in [3.8, 4) is 5.88 Å². The van der Waals surface area contributed by atoms with E-state index in [0.717, 1.165) is 23.7 Å². The Hall–Kier alpha value is -0.950. The lowest BCUT2D eigenvalue weighted by atomic mass is 9.74. The Morgan fingerprint density at radius 2 is 1.87 bits per heavy atom. The number of halogens is 4. The summed E-state index contributed by atoms with van der Waals surface area (Å²) >= 11 is 0. The number of likely N-dealkylation sites (tertiary alicyclic amines) is 1. The summed E-state index contributed by atoms with van der Waals surface area (Å²) in [6.07, 6.45) is 0.459. The average molecular weight is 354 g/mol. The molecule has 0 bridgehead atoms. The van der Waals surface area contributed by atoms with Gasteiger partial charge in [-0.05, 0) is 50.6 Å². The van der Waals surface area contributed by atoms with Gasteiger partial charge >= 0.3 is 6.18 Å². The summed E-state index contributed by atoms with van der Waals surface area (Å²) in [5.74, 6) is 1.13. The molecular formula is C15H23ClF3N3O. The van der Waals surface area contributed by atoms with Crippen LogP contribution in [-0.4, -0.2) is 40.9 Å². The molecule has 1 aromatic heterocycles. The molecule has 1 saturated heterocycles. The van der Waals surface area contributed by atoms with E-state index in [0.29, 0.717) is 18.4 Å². The van der Waals surface area contributed by atoms with Gasteiger partial charge in [0.1, 0.15) is 5.69 Å². The lowest BCUT2D eigenvalue weighted by Gasteiger charge is -2.38. The average Bonchev–Trinajstić information content (AvgIpc) is 3.03. The smallest absolute Gasteiger partial charge is 0.433 e. The van der Waals surface area contributed by atoms with Crippen molar-refractivity contribution in [2.24, 2.45) is 18.9 Å². The molecule has 23 heavy (non-hydrogen) atoms. The van der Waals surface area contributed by atoms with E-state index in [2.05, 4.69) is 10.00 Å². The van der Waals surface area contributed by atoms with Crippen LogP contribution in [0, 0.1) is 11.8 Å². The summed E-state index contributed by atoms with van der Waals surface area (Å²) in [6, 6.07) is 0.980. The first-order chi connectivity index (χ1) is 10.4. The van der Waals surface area contributed by atoms with Crippen LogP contribution in [-0.2, 0) is 13.2 Å². The molecule has 0 aromatic carbocycles. The maximum Gasteiger partial charge on any atom is 0.433 e. The standard InChI is InChI=1S/C15H22F3N3O.ClH/c1-20-13(15(16,17)18)8-14(19-20)22-10-12-5-4-11(12)9-21-6-2-3-7-21;/h8,11-12H,2-7,9-10H2,1H3;1H/t11-,12+;/m0./s1. The Kier molecular flexibility index (Phi) is 5.84. The Morgan fingerprint density at radius 3 is 2.39 bits per heavy atom. The fourth-order valence-corrected chi connectivity index (χ4v) is 3.36. The zero-order valence-corrected chi connectivity index (χ0v) is 14.0. The SMILES string of the molecule is Cl.Cn1nc(OC[C@H]2CC[C@H]2CN2CCCC2)cc1C(F)(F)F. The zero-order valence-electron chi connectivity index (χ0n) is 13.2. The zero-order chi connectivity index (χ0) is 15.7. The lowest BCUT2D eigenvalue weighted by molar-refractivity contribution is -0.143. The molecule has 1 aromatic rings. The maximum absolute atomic E-state index is 12.7. The van der Waals surface area contributed by atoms with Crippen LogP contribution < -0.4 is 4.74 Å². The van der Waals surface area contributed by atoms with Crippen molar-refractivity contribution >= 4 is 12.4 Å². The molecule has 0 radical (unpaired) electrons. The molecular weight excluding hydrogens is 331 g/mol. The second-order valence-electron chi connectivity index (χ2n) is 6.41. The molecule has 2 aliphatic rings. The van der Waals surface area contributed by atoms with Crippen molar-refractivity contribution in [2.45, 2.75) is 31.9 Å². The first kappa shape index (κ1) is 18.4. The lowest BCUT2D eigenvalue weighted by Crippen LogP contribution is -2.39. The molecule has 2 fully saturated rings. The van der Waals surface area contributed by atoms with E-state index in [1.54, 1.807) is 0 Å². The quantitative estimate of drug-likeness (QED) is 0.813. The monoisotopic (exact) mass is 353 g/mol. The second kappa shape index (κ2) is 7.30. The maximum atomic E-state index is 12.7. The molecule has 1 aliphatic heterocycles. The van der Waals surface area contributed by atoms with Gasteiger partial charge < -0.3 is 9.64 Å². The molecule has 0 N–H and O–H groups in total. The molecule has 1 aliphatic carbocycles. The van der Waals surface area contributed by atoms with Crippen molar-refractivity contribution in [3.05, 3.63) is 11.8 Å². The van der Waals surface area contributed by atoms with Gasteiger partial charge in [-0.3, -0.25) is 4.68 Å². The number of aryl methyl sites for hydroxylation is 1. The molecule has 0 unspecified atom stereocenters. The van der Waals surface area contributed by atoms with Gasteiger partial charge in [0.05, 0.1) is 6.61 Å². The minimum atomic E-state index is -4.39. The summed E-state index contributed by atoms with van der Waals surface area (Å²) in [6.45, 7) is 3.93. The van der Waals surface area contributed by atoms with Crippen LogP contribution >= 0.6 is 12.4 Å². The van der Waals surface area contributed by atoms with Crippen LogP contribution in [0.1, 0.15) is 31.4 Å². The topological polar surface area (TPSA) is 30.3 Å². The molecule has 8 heteroatoms. The second-order valence-corrected chi connectivity index (χ2v) is 6.41. The third kappa shape index (κ3) is 4.32. The van der Waals surface area contributed by atoms with Gasteiger partial charge in [-0.15, -0.1) is 17.5 Å². The summed E-state index contributed by atoms with van der Waals surface area (Å²) in [4.78, 5) is 2.49. The Labute approximate surface area is 140 Å². The molecule has 2 heterocycles. The van der Waals surface area contributed by atoms with E-state index in [1.807, 2.05) is 0 Å². The van der Waals surface area contributed by atoms with E-state index in [9.17, 15) is 13.2 Å². The van der Waals surface area contributed by atoms with Crippen molar-refractivity contribution in [2.75, 3.05) is 26.2 Å². The van der Waals surface area contributed by atoms with Crippen molar-refractivity contribution < 1.29 is 17.9 Å². The predicted octanol–water partition coefficient (Wildman–Crippen LogP) is 3.36.